The number of carbonyl (C=O) groups is 1. The minimum Gasteiger partial charge on any atom is -0.379 e. The van der Waals surface area contributed by atoms with E-state index in [0.717, 1.165) is 58.5 Å². The van der Waals surface area contributed by atoms with Crippen LogP contribution in [0.5, 0.6) is 0 Å². The van der Waals surface area contributed by atoms with Crippen LogP contribution in [-0.4, -0.2) is 68.2 Å². The number of nitrogens with one attached hydrogen (secondary N) is 1. The van der Waals surface area contributed by atoms with E-state index in [2.05, 4.69) is 10.2 Å². The van der Waals surface area contributed by atoms with Gasteiger partial charge in [-0.25, -0.2) is 4.39 Å². The fourth-order valence-electron chi connectivity index (χ4n) is 4.25. The van der Waals surface area contributed by atoms with E-state index in [1.54, 1.807) is 6.07 Å². The molecule has 1 heterocycles. The summed E-state index contributed by atoms with van der Waals surface area (Å²) < 4.78 is 19.1. The second-order valence-electron chi connectivity index (χ2n) is 7.79. The van der Waals surface area contributed by atoms with Crippen LogP contribution in [0.15, 0.2) is 24.3 Å². The van der Waals surface area contributed by atoms with Crippen molar-refractivity contribution in [2.75, 3.05) is 46.9 Å². The number of nitrogens with zero attached hydrogens (tertiary/aromatic N) is 2. The SMILES string of the molecule is CN(C)[C@@H](C(=O)NC1(CN2CCOCC2)CCCC1)c1cccc(F)c1. The predicted molar refractivity (Wildman–Crippen MR) is 99.4 cm³/mol. The largest absolute Gasteiger partial charge is 0.379 e. The van der Waals surface area contributed by atoms with Crippen LogP contribution in [0.25, 0.3) is 0 Å². The number of ether oxygens (including phenoxy) is 1. The van der Waals surface area contributed by atoms with Crippen molar-refractivity contribution in [1.82, 2.24) is 15.1 Å². The van der Waals surface area contributed by atoms with Gasteiger partial charge < -0.3 is 10.1 Å². The molecule has 1 aromatic carbocycles. The van der Waals surface area contributed by atoms with Gasteiger partial charge in [-0.05, 0) is 44.6 Å². The highest BCUT2D eigenvalue weighted by Gasteiger charge is 2.39. The molecule has 1 aliphatic heterocycles. The highest BCUT2D eigenvalue weighted by Crippen LogP contribution is 2.32. The molecule has 5 nitrogen and oxygen atoms in total. The topological polar surface area (TPSA) is 44.8 Å². The van der Waals surface area contributed by atoms with E-state index < -0.39 is 6.04 Å². The van der Waals surface area contributed by atoms with E-state index in [-0.39, 0.29) is 17.3 Å². The molecule has 1 saturated carbocycles. The lowest BCUT2D eigenvalue weighted by atomic mass is 9.94. The fourth-order valence-corrected chi connectivity index (χ4v) is 4.25. The second-order valence-corrected chi connectivity index (χ2v) is 7.79. The molecule has 1 aliphatic carbocycles. The van der Waals surface area contributed by atoms with E-state index in [1.165, 1.54) is 12.1 Å². The van der Waals surface area contributed by atoms with Gasteiger partial charge in [-0.3, -0.25) is 14.6 Å². The lowest BCUT2D eigenvalue weighted by Gasteiger charge is -2.39. The molecule has 1 N–H and O–H groups in total. The Balaban J connectivity index is 1.75. The van der Waals surface area contributed by atoms with Gasteiger partial charge in [0.25, 0.3) is 0 Å². The molecule has 0 aromatic heterocycles. The van der Waals surface area contributed by atoms with Gasteiger partial charge in [0.1, 0.15) is 11.9 Å². The number of hydrogen-bond donors (Lipinski definition) is 1. The average Bonchev–Trinajstić information content (AvgIpc) is 3.03. The number of rotatable bonds is 6. The van der Waals surface area contributed by atoms with Crippen molar-refractivity contribution in [2.24, 2.45) is 0 Å². The van der Waals surface area contributed by atoms with Gasteiger partial charge in [0.15, 0.2) is 0 Å². The third-order valence-electron chi connectivity index (χ3n) is 5.51. The molecular formula is C20H30FN3O2. The quantitative estimate of drug-likeness (QED) is 0.842. The standard InChI is InChI=1S/C20H30FN3O2/c1-23(2)18(16-6-5-7-17(21)14-16)19(25)22-20(8-3-4-9-20)15-24-10-12-26-13-11-24/h5-7,14,18H,3-4,8-13,15H2,1-2H3,(H,22,25)/t18-/m1/s1. The summed E-state index contributed by atoms with van der Waals surface area (Å²) >= 11 is 0. The molecule has 0 radical (unpaired) electrons. The van der Waals surface area contributed by atoms with Crippen molar-refractivity contribution >= 4 is 5.91 Å². The molecule has 6 heteroatoms. The molecule has 0 bridgehead atoms. The first-order valence-electron chi connectivity index (χ1n) is 9.53. The summed E-state index contributed by atoms with van der Waals surface area (Å²) in [6.45, 7) is 4.21. The summed E-state index contributed by atoms with van der Waals surface area (Å²) in [5, 5.41) is 3.35. The van der Waals surface area contributed by atoms with Gasteiger partial charge in [-0.2, -0.15) is 0 Å². The lowest BCUT2D eigenvalue weighted by molar-refractivity contribution is -0.128. The van der Waals surface area contributed by atoms with E-state index in [4.69, 9.17) is 4.74 Å². The minimum atomic E-state index is -0.493. The van der Waals surface area contributed by atoms with Gasteiger partial charge in [-0.15, -0.1) is 0 Å². The zero-order chi connectivity index (χ0) is 18.6. The number of carbonyl (C=O) groups excluding carboxylic acids is 1. The Bertz CT molecular complexity index is 611. The van der Waals surface area contributed by atoms with E-state index in [0.29, 0.717) is 5.56 Å². The Morgan fingerprint density at radius 2 is 2.00 bits per heavy atom. The highest BCUT2D eigenvalue weighted by atomic mass is 19.1. The van der Waals surface area contributed by atoms with Gasteiger partial charge in [-0.1, -0.05) is 25.0 Å². The molecule has 1 aromatic rings. The Morgan fingerprint density at radius 3 is 2.62 bits per heavy atom. The van der Waals surface area contributed by atoms with Crippen molar-refractivity contribution in [1.29, 1.82) is 0 Å². The van der Waals surface area contributed by atoms with Gasteiger partial charge >= 0.3 is 0 Å². The summed E-state index contributed by atoms with van der Waals surface area (Å²) in [6.07, 6.45) is 4.27. The van der Waals surface area contributed by atoms with Crippen LogP contribution >= 0.6 is 0 Å². The molecule has 144 valence electrons. The first-order chi connectivity index (χ1) is 12.5. The number of hydrogen-bond acceptors (Lipinski definition) is 4. The predicted octanol–water partition coefficient (Wildman–Crippen LogP) is 2.19. The zero-order valence-corrected chi connectivity index (χ0v) is 15.8. The van der Waals surface area contributed by atoms with Crippen molar-refractivity contribution in [3.8, 4) is 0 Å². The molecule has 0 spiro atoms. The monoisotopic (exact) mass is 363 g/mol. The summed E-state index contributed by atoms with van der Waals surface area (Å²) in [7, 11) is 3.72. The lowest BCUT2D eigenvalue weighted by Crippen LogP contribution is -2.57. The second kappa shape index (κ2) is 8.46. The van der Waals surface area contributed by atoms with Crippen molar-refractivity contribution in [3.05, 3.63) is 35.6 Å². The normalized spacial score (nSPS) is 21.7. The third-order valence-corrected chi connectivity index (χ3v) is 5.51. The molecule has 2 aliphatic rings. The molecule has 1 amide bonds. The van der Waals surface area contributed by atoms with Gasteiger partial charge in [0, 0.05) is 19.6 Å². The molecule has 1 atom stereocenters. The molecular weight excluding hydrogens is 333 g/mol. The van der Waals surface area contributed by atoms with Crippen molar-refractivity contribution in [2.45, 2.75) is 37.3 Å². The maximum Gasteiger partial charge on any atom is 0.242 e. The van der Waals surface area contributed by atoms with E-state index in [1.807, 2.05) is 25.1 Å². The molecule has 3 rings (SSSR count). The van der Waals surface area contributed by atoms with Gasteiger partial charge in [0.05, 0.1) is 18.8 Å². The summed E-state index contributed by atoms with van der Waals surface area (Å²) in [5.74, 6) is -0.359. The third kappa shape index (κ3) is 4.61. The number of halogens is 1. The highest BCUT2D eigenvalue weighted by molar-refractivity contribution is 5.84. The van der Waals surface area contributed by atoms with Crippen molar-refractivity contribution < 1.29 is 13.9 Å². The Morgan fingerprint density at radius 1 is 1.31 bits per heavy atom. The first kappa shape index (κ1) is 19.3. The maximum absolute atomic E-state index is 13.7. The van der Waals surface area contributed by atoms with Gasteiger partial charge in [0.2, 0.25) is 5.91 Å². The van der Waals surface area contributed by atoms with E-state index in [9.17, 15) is 9.18 Å². The fraction of sp³-hybridized carbons (Fsp3) is 0.650. The van der Waals surface area contributed by atoms with E-state index >= 15 is 0 Å². The van der Waals surface area contributed by atoms with Crippen LogP contribution in [0.3, 0.4) is 0 Å². The minimum absolute atomic E-state index is 0.0456. The summed E-state index contributed by atoms with van der Waals surface area (Å²) in [4.78, 5) is 17.4. The van der Waals surface area contributed by atoms with Crippen LogP contribution in [0.4, 0.5) is 4.39 Å². The number of likely N-dealkylation sites (N-methyl/N-ethyl adjacent to an activating group) is 1. The van der Waals surface area contributed by atoms with Crippen LogP contribution in [0, 0.1) is 5.82 Å². The maximum atomic E-state index is 13.7. The Kier molecular flexibility index (Phi) is 6.27. The molecule has 1 saturated heterocycles. The van der Waals surface area contributed by atoms with Crippen LogP contribution in [-0.2, 0) is 9.53 Å². The summed E-state index contributed by atoms with van der Waals surface area (Å²) in [6, 6.07) is 5.84. The Hall–Kier alpha value is -1.50. The molecule has 26 heavy (non-hydrogen) atoms. The first-order valence-corrected chi connectivity index (χ1v) is 9.53. The molecule has 2 fully saturated rings. The van der Waals surface area contributed by atoms with Crippen LogP contribution in [0.1, 0.15) is 37.3 Å². The summed E-state index contributed by atoms with van der Waals surface area (Å²) in [5.41, 5.74) is 0.503. The molecule has 0 unspecified atom stereocenters. The smallest absolute Gasteiger partial charge is 0.242 e. The number of amides is 1. The number of benzene rings is 1. The van der Waals surface area contributed by atoms with Crippen LogP contribution < -0.4 is 5.32 Å². The Labute approximate surface area is 155 Å². The van der Waals surface area contributed by atoms with Crippen molar-refractivity contribution in [3.63, 3.8) is 0 Å². The average molecular weight is 363 g/mol. The zero-order valence-electron chi connectivity index (χ0n) is 15.8. The van der Waals surface area contributed by atoms with Crippen LogP contribution in [0.2, 0.25) is 0 Å². The number of morpholine rings is 1.